The first-order valence-corrected chi connectivity index (χ1v) is 35.9. The molecule has 0 saturated heterocycles. The molecule has 2 amide bonds. The van der Waals surface area contributed by atoms with E-state index in [0.29, 0.717) is 22.5 Å². The van der Waals surface area contributed by atoms with Crippen LogP contribution in [0.3, 0.4) is 0 Å². The number of hydrogen-bond donors (Lipinski definition) is 6. The molecule has 0 atom stereocenters. The second-order valence-corrected chi connectivity index (χ2v) is 26.8. The Morgan fingerprint density at radius 2 is 0.389 bits per heavy atom. The normalized spacial score (nSPS) is 12.0. The third-order valence-corrected chi connectivity index (χ3v) is 20.1. The minimum atomic E-state index is -0.372. The monoisotopic (exact) mass is 1390 g/mol. The fourth-order valence-electron chi connectivity index (χ4n) is 15.1. The van der Waals surface area contributed by atoms with E-state index < -0.39 is 0 Å². The number of hydrogen-bond acceptors (Lipinski definition) is 6. The first-order chi connectivity index (χ1) is 53.3. The van der Waals surface area contributed by atoms with Crippen LogP contribution in [0, 0.1) is 0 Å². The summed E-state index contributed by atoms with van der Waals surface area (Å²) in [6.45, 7) is 0. The molecular formula is C96H64N10O2. The van der Waals surface area contributed by atoms with Crippen molar-refractivity contribution in [3.63, 3.8) is 0 Å². The van der Waals surface area contributed by atoms with Gasteiger partial charge in [-0.15, -0.1) is 0 Å². The Balaban J connectivity index is 0.647. The zero-order valence-corrected chi connectivity index (χ0v) is 58.1. The first-order valence-electron chi connectivity index (χ1n) is 35.9. The lowest BCUT2D eigenvalue weighted by atomic mass is 10.0. The predicted molar refractivity (Wildman–Crippen MR) is 444 cm³/mol. The number of H-pyrrole nitrogens is 4. The minimum absolute atomic E-state index is 0.317. The fourth-order valence-corrected chi connectivity index (χ4v) is 15.1. The standard InChI is InChI=1S/C96H64N10O2/c107-95(97-69-38-34-65(35-39-69)93-83-54-50-79(103-83)89(61-24-11-3-12-25-61)75-46-42-71(99-75)87(59-20-7-1-8-21-59)72-43-47-76(100-72)90(62-26-13-4-14-27-62)80-51-55-84(93)104-80)67-32-19-33-68(58-67)96(108)98-70-40-36-66(37-41-70)94-85-56-52-81(105-85)91(63-28-15-5-16-29-63)77-48-44-73(101-77)88(60-22-9-2-10-23-60)74-45-49-78(102-74)92(64-30-17-6-18-31-64)82-53-57-86(94)106-82/h1-58,99,101,104,106H,(H,97,107)(H,98,108). The van der Waals surface area contributed by atoms with Crippen molar-refractivity contribution in [2.24, 2.45) is 0 Å². The average Bonchev–Trinajstić information content (AvgIpc) is 1.65. The van der Waals surface area contributed by atoms with E-state index in [9.17, 15) is 9.59 Å². The van der Waals surface area contributed by atoms with Crippen LogP contribution in [0.25, 0.3) is 182 Å². The number of anilines is 2. The lowest BCUT2D eigenvalue weighted by molar-refractivity contribution is 0.102. The van der Waals surface area contributed by atoms with Gasteiger partial charge in [-0.25, -0.2) is 19.9 Å². The van der Waals surface area contributed by atoms with Crippen molar-refractivity contribution >= 4 is 116 Å². The van der Waals surface area contributed by atoms with E-state index in [-0.39, 0.29) is 11.8 Å². The maximum Gasteiger partial charge on any atom is 0.255 e. The van der Waals surface area contributed by atoms with Gasteiger partial charge in [-0.1, -0.05) is 212 Å². The molecule has 12 heteroatoms. The summed E-state index contributed by atoms with van der Waals surface area (Å²) >= 11 is 0. The van der Waals surface area contributed by atoms with Crippen molar-refractivity contribution in [3.8, 4) is 89.0 Å². The highest BCUT2D eigenvalue weighted by Crippen LogP contribution is 2.42. The van der Waals surface area contributed by atoms with Crippen LogP contribution in [0.5, 0.6) is 0 Å². The van der Waals surface area contributed by atoms with Gasteiger partial charge in [0.25, 0.3) is 11.8 Å². The summed E-state index contributed by atoms with van der Waals surface area (Å²) in [7, 11) is 0. The number of aromatic nitrogens is 8. The van der Waals surface area contributed by atoms with E-state index in [1.54, 1.807) is 24.3 Å². The molecule has 0 saturated carbocycles. The van der Waals surface area contributed by atoms with Gasteiger partial charge in [-0.2, -0.15) is 0 Å². The van der Waals surface area contributed by atoms with Gasteiger partial charge in [0.05, 0.1) is 45.6 Å². The predicted octanol–water partition coefficient (Wildman–Crippen LogP) is 23.5. The summed E-state index contributed by atoms with van der Waals surface area (Å²) < 4.78 is 0. The van der Waals surface area contributed by atoms with Gasteiger partial charge >= 0.3 is 0 Å². The minimum Gasteiger partial charge on any atom is -0.354 e. The molecule has 9 aromatic carbocycles. The summed E-state index contributed by atoms with van der Waals surface area (Å²) in [5.74, 6) is -0.745. The Morgan fingerprint density at radius 3 is 0.583 bits per heavy atom. The summed E-state index contributed by atoms with van der Waals surface area (Å²) in [5, 5.41) is 6.22. The summed E-state index contributed by atoms with van der Waals surface area (Å²) in [4.78, 5) is 65.9. The highest BCUT2D eigenvalue weighted by atomic mass is 16.2. The molecule has 4 aliphatic rings. The molecule has 16 bridgehead atoms. The number of amides is 2. The van der Waals surface area contributed by atoms with E-state index in [2.05, 4.69) is 225 Å². The molecule has 108 heavy (non-hydrogen) atoms. The van der Waals surface area contributed by atoms with E-state index in [0.717, 1.165) is 179 Å². The number of benzene rings is 9. The molecule has 510 valence electrons. The quantitative estimate of drug-likeness (QED) is 0.0710. The Labute approximate surface area is 621 Å². The fraction of sp³-hybridized carbons (Fsp3) is 0. The molecule has 6 N–H and O–H groups in total. The van der Waals surface area contributed by atoms with E-state index >= 15 is 0 Å². The van der Waals surface area contributed by atoms with Crippen molar-refractivity contribution in [2.75, 3.05) is 10.6 Å². The number of nitrogens with one attached hydrogen (secondary N) is 6. The number of carbonyl (C=O) groups is 2. The number of fused-ring (bicyclic) bond motifs is 16. The van der Waals surface area contributed by atoms with Crippen LogP contribution in [0.15, 0.2) is 303 Å². The number of rotatable bonds is 12. The van der Waals surface area contributed by atoms with Gasteiger partial charge in [-0.3, -0.25) is 9.59 Å². The Bertz CT molecular complexity index is 6120. The Kier molecular flexibility index (Phi) is 16.2. The lowest BCUT2D eigenvalue weighted by Gasteiger charge is -2.10. The van der Waals surface area contributed by atoms with Crippen molar-refractivity contribution in [3.05, 3.63) is 360 Å². The van der Waals surface area contributed by atoms with Crippen LogP contribution >= 0.6 is 0 Å². The Morgan fingerprint density at radius 1 is 0.204 bits per heavy atom. The number of aromatic amines is 4. The van der Waals surface area contributed by atoms with Crippen molar-refractivity contribution < 1.29 is 9.59 Å². The van der Waals surface area contributed by atoms with Gasteiger partial charge in [0.1, 0.15) is 0 Å². The molecule has 0 fully saturated rings. The molecule has 15 aromatic rings. The molecule has 19 rings (SSSR count). The van der Waals surface area contributed by atoms with Crippen LogP contribution in [-0.4, -0.2) is 51.7 Å². The van der Waals surface area contributed by atoms with E-state index in [1.807, 2.05) is 133 Å². The summed E-state index contributed by atoms with van der Waals surface area (Å²) in [6.07, 6.45) is 16.7. The van der Waals surface area contributed by atoms with Gasteiger partial charge in [0.2, 0.25) is 0 Å². The van der Waals surface area contributed by atoms with Gasteiger partial charge in [0.15, 0.2) is 0 Å². The topological polar surface area (TPSA) is 173 Å². The second-order valence-electron chi connectivity index (χ2n) is 26.8. The molecule has 10 heterocycles. The van der Waals surface area contributed by atoms with Gasteiger partial charge in [0, 0.05) is 111 Å². The van der Waals surface area contributed by atoms with Crippen LogP contribution in [0.1, 0.15) is 66.3 Å². The highest BCUT2D eigenvalue weighted by Gasteiger charge is 2.23. The molecule has 0 spiro atoms. The second kappa shape index (κ2) is 27.4. The van der Waals surface area contributed by atoms with Crippen molar-refractivity contribution in [2.45, 2.75) is 0 Å². The molecule has 0 aliphatic carbocycles. The molecule has 0 radical (unpaired) electrons. The largest absolute Gasteiger partial charge is 0.354 e. The molecule has 6 aromatic heterocycles. The van der Waals surface area contributed by atoms with Crippen LogP contribution in [-0.2, 0) is 0 Å². The van der Waals surface area contributed by atoms with Crippen molar-refractivity contribution in [1.29, 1.82) is 0 Å². The van der Waals surface area contributed by atoms with Gasteiger partial charge in [-0.05, 0) is 184 Å². The van der Waals surface area contributed by atoms with E-state index in [4.69, 9.17) is 19.9 Å². The average molecular weight is 1390 g/mol. The van der Waals surface area contributed by atoms with Gasteiger partial charge < -0.3 is 30.6 Å². The first kappa shape index (κ1) is 64.0. The molecule has 12 nitrogen and oxygen atoms in total. The number of nitrogens with zero attached hydrogens (tertiary/aromatic N) is 4. The highest BCUT2D eigenvalue weighted by molar-refractivity contribution is 6.10. The van der Waals surface area contributed by atoms with E-state index in [1.165, 1.54) is 0 Å². The summed E-state index contributed by atoms with van der Waals surface area (Å²) in [6, 6.07) is 102. The lowest BCUT2D eigenvalue weighted by Crippen LogP contribution is -2.15. The SMILES string of the molecule is O=C(Nc1ccc(-c2c3nc(c(-c4ccccc4)c4ccc([nH]4)c(-c4ccccc4)c4nc(c(-c5ccccc5)c5ccc2[nH]5)C=C4)C=C3)cc1)c1cccc(C(=O)Nc2ccc(-c3c4nc(c(-c5ccccc5)c5ccc([nH]5)c(-c5ccccc5)c5nc(c(-c6ccccc6)c6ccc3[nH]6)C=C5)C=C4)cc2)c1. The molecular weight excluding hydrogens is 1330 g/mol. The van der Waals surface area contributed by atoms with Crippen molar-refractivity contribution in [1.82, 2.24) is 39.9 Å². The third kappa shape index (κ3) is 12.1. The van der Waals surface area contributed by atoms with Crippen LogP contribution in [0.4, 0.5) is 11.4 Å². The molecule has 4 aliphatic heterocycles. The third-order valence-electron chi connectivity index (χ3n) is 20.1. The van der Waals surface area contributed by atoms with Crippen LogP contribution < -0.4 is 10.6 Å². The Hall–Kier alpha value is -14.9. The number of carbonyl (C=O) groups excluding carboxylic acids is 2. The smallest absolute Gasteiger partial charge is 0.255 e. The molecule has 0 unspecified atom stereocenters. The maximum atomic E-state index is 14.3. The zero-order chi connectivity index (χ0) is 72.0. The van der Waals surface area contributed by atoms with Crippen LogP contribution in [0.2, 0.25) is 0 Å². The summed E-state index contributed by atoms with van der Waals surface area (Å²) in [5.41, 5.74) is 30.7. The zero-order valence-electron chi connectivity index (χ0n) is 58.1. The maximum absolute atomic E-state index is 14.3.